The molecule has 5 nitrogen and oxygen atoms in total. The fourth-order valence-corrected chi connectivity index (χ4v) is 2.78. The minimum atomic E-state index is -0.316. The molecular weight excluding hydrogens is 310 g/mol. The van der Waals surface area contributed by atoms with Gasteiger partial charge in [0.15, 0.2) is 5.78 Å². The van der Waals surface area contributed by atoms with Crippen LogP contribution in [0.15, 0.2) is 28.6 Å². The number of aliphatic hydroxyl groups is 1. The van der Waals surface area contributed by atoms with Gasteiger partial charge in [-0.1, -0.05) is 0 Å². The van der Waals surface area contributed by atoms with E-state index in [-0.39, 0.29) is 11.9 Å². The average Bonchev–Trinajstić information content (AvgIpc) is 2.89. The van der Waals surface area contributed by atoms with E-state index in [1.807, 2.05) is 20.0 Å². The standard InChI is InChI=1S/C17H27N3O2S/c1-12(21)7-6-10-18-17(15(4)22)14(3)20(5)19-11-16-9-8-13(2)23-16/h8-9,11-12,18,21H,6-7,10H2,1-5H3/b17-14-,19-11+. The molecule has 1 atom stereocenters. The summed E-state index contributed by atoms with van der Waals surface area (Å²) in [4.78, 5) is 14.2. The minimum absolute atomic E-state index is 0.0198. The molecule has 6 heteroatoms. The highest BCUT2D eigenvalue weighted by atomic mass is 32.1. The van der Waals surface area contributed by atoms with Crippen molar-refractivity contribution in [2.75, 3.05) is 13.6 Å². The van der Waals surface area contributed by atoms with E-state index in [1.165, 1.54) is 4.88 Å². The molecule has 0 spiro atoms. The normalized spacial score (nSPS) is 13.8. The summed E-state index contributed by atoms with van der Waals surface area (Å²) in [5.41, 5.74) is 1.34. The molecule has 1 rings (SSSR count). The van der Waals surface area contributed by atoms with Gasteiger partial charge in [0.2, 0.25) is 0 Å². The number of hydrogen-bond donors (Lipinski definition) is 2. The first-order valence-corrected chi connectivity index (χ1v) is 8.60. The molecule has 0 fully saturated rings. The van der Waals surface area contributed by atoms with E-state index in [0.29, 0.717) is 18.7 Å². The van der Waals surface area contributed by atoms with Crippen LogP contribution in [0.4, 0.5) is 0 Å². The highest BCUT2D eigenvalue weighted by Gasteiger charge is 2.11. The lowest BCUT2D eigenvalue weighted by atomic mass is 10.2. The van der Waals surface area contributed by atoms with Crippen LogP contribution in [0, 0.1) is 6.92 Å². The van der Waals surface area contributed by atoms with E-state index in [9.17, 15) is 9.90 Å². The summed E-state index contributed by atoms with van der Waals surface area (Å²) in [6.07, 6.45) is 3.00. The maximum absolute atomic E-state index is 11.8. The number of nitrogens with zero attached hydrogens (tertiary/aromatic N) is 2. The van der Waals surface area contributed by atoms with Gasteiger partial charge in [0.25, 0.3) is 0 Å². The third-order valence-corrected chi connectivity index (χ3v) is 4.35. The van der Waals surface area contributed by atoms with E-state index in [1.54, 1.807) is 36.4 Å². The van der Waals surface area contributed by atoms with Gasteiger partial charge in [-0.2, -0.15) is 5.10 Å². The summed E-state index contributed by atoms with van der Waals surface area (Å²) >= 11 is 1.68. The Morgan fingerprint density at radius 1 is 1.48 bits per heavy atom. The molecule has 0 bridgehead atoms. The Morgan fingerprint density at radius 2 is 2.17 bits per heavy atom. The van der Waals surface area contributed by atoms with E-state index in [0.717, 1.165) is 17.0 Å². The van der Waals surface area contributed by atoms with Crippen molar-refractivity contribution in [3.8, 4) is 0 Å². The van der Waals surface area contributed by atoms with Crippen molar-refractivity contribution >= 4 is 23.3 Å². The quantitative estimate of drug-likeness (QED) is 0.315. The molecule has 0 saturated heterocycles. The van der Waals surface area contributed by atoms with Crippen LogP contribution in [-0.2, 0) is 4.79 Å². The largest absolute Gasteiger partial charge is 0.393 e. The molecule has 0 aliphatic rings. The van der Waals surface area contributed by atoms with Gasteiger partial charge in [-0.25, -0.2) is 0 Å². The van der Waals surface area contributed by atoms with E-state index in [4.69, 9.17) is 0 Å². The summed E-state index contributed by atoms with van der Waals surface area (Å²) < 4.78 is 0. The fourth-order valence-electron chi connectivity index (χ4n) is 2.03. The summed E-state index contributed by atoms with van der Waals surface area (Å²) in [6, 6.07) is 4.08. The SMILES string of the molecule is CC(=O)/C(NCCCC(C)O)=C(\C)N(C)/N=C/c1ccc(C)s1. The lowest BCUT2D eigenvalue weighted by Gasteiger charge is -2.18. The number of allylic oxidation sites excluding steroid dienone is 2. The first kappa shape index (κ1) is 19.4. The zero-order chi connectivity index (χ0) is 17.4. The van der Waals surface area contributed by atoms with Crippen LogP contribution in [-0.4, -0.2) is 41.8 Å². The zero-order valence-corrected chi connectivity index (χ0v) is 15.4. The maximum Gasteiger partial charge on any atom is 0.177 e. The number of carbonyl (C=O) groups excluding carboxylic acids is 1. The predicted molar refractivity (Wildman–Crippen MR) is 96.7 cm³/mol. The van der Waals surface area contributed by atoms with Crippen LogP contribution < -0.4 is 5.32 Å². The first-order chi connectivity index (χ1) is 10.8. The lowest BCUT2D eigenvalue weighted by Crippen LogP contribution is -2.26. The van der Waals surface area contributed by atoms with E-state index < -0.39 is 0 Å². The predicted octanol–water partition coefficient (Wildman–Crippen LogP) is 2.89. The van der Waals surface area contributed by atoms with Crippen molar-refractivity contribution in [2.45, 2.75) is 46.6 Å². The Labute approximate surface area is 142 Å². The van der Waals surface area contributed by atoms with Gasteiger partial charge in [-0.15, -0.1) is 11.3 Å². The van der Waals surface area contributed by atoms with Crippen LogP contribution in [0.1, 0.15) is 43.4 Å². The van der Waals surface area contributed by atoms with Gasteiger partial charge in [0, 0.05) is 30.3 Å². The summed E-state index contributed by atoms with van der Waals surface area (Å²) in [5, 5.41) is 18.5. The number of carbonyl (C=O) groups is 1. The maximum atomic E-state index is 11.8. The average molecular weight is 337 g/mol. The Morgan fingerprint density at radius 3 is 2.70 bits per heavy atom. The van der Waals surface area contributed by atoms with Crippen molar-refractivity contribution in [2.24, 2.45) is 5.10 Å². The Kier molecular flexibility index (Phi) is 7.98. The third kappa shape index (κ3) is 6.97. The van der Waals surface area contributed by atoms with Crippen LogP contribution in [0.3, 0.4) is 0 Å². The second-order valence-electron chi connectivity index (χ2n) is 5.65. The van der Waals surface area contributed by atoms with Gasteiger partial charge < -0.3 is 10.4 Å². The molecule has 1 aromatic rings. The Hall–Kier alpha value is -1.66. The number of ketones is 1. The topological polar surface area (TPSA) is 64.9 Å². The van der Waals surface area contributed by atoms with Gasteiger partial charge in [-0.3, -0.25) is 9.80 Å². The number of thiophene rings is 1. The van der Waals surface area contributed by atoms with Crippen molar-refractivity contribution < 1.29 is 9.90 Å². The van der Waals surface area contributed by atoms with Crippen molar-refractivity contribution in [1.29, 1.82) is 0 Å². The summed E-state index contributed by atoms with van der Waals surface area (Å²) in [7, 11) is 1.83. The molecule has 128 valence electrons. The summed E-state index contributed by atoms with van der Waals surface area (Å²) in [6.45, 7) is 7.89. The highest BCUT2D eigenvalue weighted by molar-refractivity contribution is 7.13. The van der Waals surface area contributed by atoms with Crippen LogP contribution >= 0.6 is 11.3 Å². The molecule has 0 aliphatic heterocycles. The highest BCUT2D eigenvalue weighted by Crippen LogP contribution is 2.14. The molecule has 23 heavy (non-hydrogen) atoms. The van der Waals surface area contributed by atoms with Gasteiger partial charge in [-0.05, 0) is 45.7 Å². The lowest BCUT2D eigenvalue weighted by molar-refractivity contribution is -0.114. The van der Waals surface area contributed by atoms with E-state index >= 15 is 0 Å². The fraction of sp³-hybridized carbons (Fsp3) is 0.529. The number of hydrogen-bond acceptors (Lipinski definition) is 6. The molecule has 0 aromatic carbocycles. The van der Waals surface area contributed by atoms with Crippen LogP contribution in [0.5, 0.6) is 0 Å². The summed E-state index contributed by atoms with van der Waals surface area (Å²) in [5.74, 6) is -0.0198. The van der Waals surface area contributed by atoms with Crippen LogP contribution in [0.25, 0.3) is 0 Å². The van der Waals surface area contributed by atoms with Gasteiger partial charge in [0.05, 0.1) is 23.7 Å². The van der Waals surface area contributed by atoms with Crippen molar-refractivity contribution in [3.05, 3.63) is 33.3 Å². The zero-order valence-electron chi connectivity index (χ0n) is 14.6. The molecule has 1 unspecified atom stereocenters. The number of aryl methyl sites for hydroxylation is 1. The second kappa shape index (κ2) is 9.47. The van der Waals surface area contributed by atoms with Crippen molar-refractivity contribution in [3.63, 3.8) is 0 Å². The second-order valence-corrected chi connectivity index (χ2v) is 6.97. The van der Waals surface area contributed by atoms with Crippen molar-refractivity contribution in [1.82, 2.24) is 10.3 Å². The number of Topliss-reactive ketones (excluding diaryl/α,β-unsaturated/α-hetero) is 1. The minimum Gasteiger partial charge on any atom is -0.393 e. The van der Waals surface area contributed by atoms with E-state index in [2.05, 4.69) is 23.4 Å². The Bertz CT molecular complexity index is 576. The smallest absolute Gasteiger partial charge is 0.177 e. The number of hydrazone groups is 1. The number of rotatable bonds is 9. The molecular formula is C17H27N3O2S. The molecule has 0 amide bonds. The monoisotopic (exact) mass is 337 g/mol. The molecule has 2 N–H and O–H groups in total. The number of aliphatic hydroxyl groups excluding tert-OH is 1. The molecule has 0 aliphatic carbocycles. The molecule has 1 heterocycles. The van der Waals surface area contributed by atoms with Gasteiger partial charge >= 0.3 is 0 Å². The molecule has 1 aromatic heterocycles. The Balaban J connectivity index is 2.71. The molecule has 0 radical (unpaired) electrons. The third-order valence-electron chi connectivity index (χ3n) is 3.42. The molecule has 0 saturated carbocycles. The van der Waals surface area contributed by atoms with Gasteiger partial charge in [0.1, 0.15) is 0 Å². The van der Waals surface area contributed by atoms with Crippen LogP contribution in [0.2, 0.25) is 0 Å². The first-order valence-electron chi connectivity index (χ1n) is 7.79. The number of nitrogens with one attached hydrogen (secondary N) is 1.